The van der Waals surface area contributed by atoms with Gasteiger partial charge in [0, 0.05) is 0 Å². The molecule has 0 saturated heterocycles. The van der Waals surface area contributed by atoms with E-state index >= 15 is 0 Å². The third-order valence-electron chi connectivity index (χ3n) is 4.18. The summed E-state index contributed by atoms with van der Waals surface area (Å²) in [7, 11) is -2.29. The van der Waals surface area contributed by atoms with Crippen molar-refractivity contribution in [3.63, 3.8) is 0 Å². The first-order chi connectivity index (χ1) is 8.86. The first-order valence-electron chi connectivity index (χ1n) is 6.98. The van der Waals surface area contributed by atoms with Gasteiger partial charge in [0.25, 0.3) is 9.13 Å². The van der Waals surface area contributed by atoms with Crippen LogP contribution in [-0.4, -0.2) is 9.13 Å². The first kappa shape index (κ1) is 11.9. The summed E-state index contributed by atoms with van der Waals surface area (Å²) in [5.74, 6) is 0. The van der Waals surface area contributed by atoms with E-state index in [1.54, 1.807) is 0 Å². The Labute approximate surface area is 110 Å². The van der Waals surface area contributed by atoms with Gasteiger partial charge < -0.3 is 4.11 Å². The van der Waals surface area contributed by atoms with Crippen LogP contribution in [-0.2, 0) is 0 Å². The molecular weight excluding hydrogens is 239 g/mol. The Balaban J connectivity index is 1.97. The molecule has 3 rings (SSSR count). The second kappa shape index (κ2) is 5.23. The van der Waals surface area contributed by atoms with Gasteiger partial charge in [-0.2, -0.15) is 0 Å². The average molecular weight is 258 g/mol. The van der Waals surface area contributed by atoms with Gasteiger partial charge in [-0.05, 0) is 21.5 Å². The van der Waals surface area contributed by atoms with E-state index in [2.05, 4.69) is 18.2 Å². The van der Waals surface area contributed by atoms with E-state index in [1.807, 2.05) is 24.3 Å². The highest BCUT2D eigenvalue weighted by atomic mass is 28.3. The molecule has 94 valence electrons. The van der Waals surface area contributed by atoms with Crippen molar-refractivity contribution in [3.8, 4) is 0 Å². The lowest BCUT2D eigenvalue weighted by Gasteiger charge is -2.24. The third kappa shape index (κ3) is 2.22. The molecule has 0 heterocycles. The van der Waals surface area contributed by atoms with E-state index < -0.39 is 9.13 Å². The highest BCUT2D eigenvalue weighted by molar-refractivity contribution is 6.70. The lowest BCUT2D eigenvalue weighted by molar-refractivity contribution is 0.485. The monoisotopic (exact) mass is 258 g/mol. The van der Waals surface area contributed by atoms with Crippen molar-refractivity contribution in [3.05, 3.63) is 42.5 Å². The fourth-order valence-electron chi connectivity index (χ4n) is 3.17. The molecule has 18 heavy (non-hydrogen) atoms. The van der Waals surface area contributed by atoms with Crippen molar-refractivity contribution >= 4 is 25.1 Å². The summed E-state index contributed by atoms with van der Waals surface area (Å²) < 4.78 is 14.9. The Hall–Kier alpha value is -1.15. The molecule has 0 bridgehead atoms. The SMILES string of the molecule is F[SiH](c1cccc2ccccc12)C1CCCCC1. The Morgan fingerprint density at radius 3 is 2.44 bits per heavy atom. The van der Waals surface area contributed by atoms with Crippen LogP contribution in [0.3, 0.4) is 0 Å². The number of halogens is 1. The Morgan fingerprint density at radius 2 is 1.61 bits per heavy atom. The van der Waals surface area contributed by atoms with E-state index in [0.717, 1.165) is 23.4 Å². The fourth-order valence-corrected chi connectivity index (χ4v) is 5.59. The molecule has 2 heteroatoms. The van der Waals surface area contributed by atoms with Crippen LogP contribution in [0.15, 0.2) is 42.5 Å². The maximum absolute atomic E-state index is 14.9. The molecule has 0 N–H and O–H groups in total. The predicted octanol–water partition coefficient (Wildman–Crippen LogP) is 4.07. The van der Waals surface area contributed by atoms with Gasteiger partial charge in [0.05, 0.1) is 0 Å². The molecule has 1 aliphatic carbocycles. The van der Waals surface area contributed by atoms with Gasteiger partial charge in [0.15, 0.2) is 0 Å². The van der Waals surface area contributed by atoms with Crippen LogP contribution in [0.25, 0.3) is 10.8 Å². The third-order valence-corrected chi connectivity index (χ3v) is 6.78. The van der Waals surface area contributed by atoms with Gasteiger partial charge in [-0.3, -0.25) is 0 Å². The van der Waals surface area contributed by atoms with Gasteiger partial charge in [-0.25, -0.2) is 0 Å². The number of hydrogen-bond acceptors (Lipinski definition) is 0. The van der Waals surface area contributed by atoms with E-state index in [1.165, 1.54) is 24.6 Å². The maximum Gasteiger partial charge on any atom is 0.266 e. The zero-order chi connectivity index (χ0) is 12.4. The summed E-state index contributed by atoms with van der Waals surface area (Å²) >= 11 is 0. The maximum atomic E-state index is 14.9. The topological polar surface area (TPSA) is 0 Å². The first-order valence-corrected chi connectivity index (χ1v) is 8.66. The Morgan fingerprint density at radius 1 is 0.889 bits per heavy atom. The predicted molar refractivity (Wildman–Crippen MR) is 78.7 cm³/mol. The van der Waals surface area contributed by atoms with Crippen LogP contribution < -0.4 is 5.19 Å². The van der Waals surface area contributed by atoms with E-state index in [4.69, 9.17) is 0 Å². The minimum atomic E-state index is -2.29. The lowest BCUT2D eigenvalue weighted by atomic mass is 10.0. The van der Waals surface area contributed by atoms with Gasteiger partial charge in [0.1, 0.15) is 0 Å². The molecule has 2 aromatic carbocycles. The van der Waals surface area contributed by atoms with Crippen LogP contribution >= 0.6 is 0 Å². The summed E-state index contributed by atoms with van der Waals surface area (Å²) in [6.07, 6.45) is 5.96. The van der Waals surface area contributed by atoms with Crippen molar-refractivity contribution in [2.45, 2.75) is 37.6 Å². The molecule has 1 fully saturated rings. The molecule has 1 atom stereocenters. The molecular formula is C16H19FSi. The minimum absolute atomic E-state index is 0.365. The summed E-state index contributed by atoms with van der Waals surface area (Å²) in [6, 6.07) is 14.3. The second-order valence-electron chi connectivity index (χ2n) is 5.37. The van der Waals surface area contributed by atoms with Crippen molar-refractivity contribution in [2.24, 2.45) is 0 Å². The Kier molecular flexibility index (Phi) is 3.46. The normalized spacial score (nSPS) is 18.9. The zero-order valence-electron chi connectivity index (χ0n) is 10.6. The summed E-state index contributed by atoms with van der Waals surface area (Å²) in [5.41, 5.74) is 0.365. The molecule has 0 aliphatic heterocycles. The van der Waals surface area contributed by atoms with Crippen molar-refractivity contribution in [1.29, 1.82) is 0 Å². The van der Waals surface area contributed by atoms with Gasteiger partial charge in [0.2, 0.25) is 0 Å². The van der Waals surface area contributed by atoms with Crippen LogP contribution in [0.4, 0.5) is 4.11 Å². The molecule has 0 amide bonds. The fraction of sp³-hybridized carbons (Fsp3) is 0.375. The van der Waals surface area contributed by atoms with E-state index in [0.29, 0.717) is 5.54 Å². The molecule has 0 nitrogen and oxygen atoms in total. The number of fused-ring (bicyclic) bond motifs is 1. The highest BCUT2D eigenvalue weighted by Gasteiger charge is 2.28. The smallest absolute Gasteiger partial charge is 0.266 e. The molecule has 1 unspecified atom stereocenters. The molecule has 1 aliphatic rings. The molecule has 0 radical (unpaired) electrons. The van der Waals surface area contributed by atoms with Crippen LogP contribution in [0.2, 0.25) is 5.54 Å². The Bertz CT molecular complexity index is 526. The standard InChI is InChI=1S/C16H19FSi/c17-18(14-9-2-1-3-10-14)16-12-6-8-13-7-4-5-11-15(13)16/h4-8,11-12,14,18H,1-3,9-10H2. The summed E-state index contributed by atoms with van der Waals surface area (Å²) in [6.45, 7) is 0. The lowest BCUT2D eigenvalue weighted by Crippen LogP contribution is -2.32. The van der Waals surface area contributed by atoms with Crippen molar-refractivity contribution in [2.75, 3.05) is 0 Å². The molecule has 2 aromatic rings. The average Bonchev–Trinajstić information content (AvgIpc) is 2.47. The number of benzene rings is 2. The second-order valence-corrected chi connectivity index (χ2v) is 7.74. The molecule has 0 spiro atoms. The van der Waals surface area contributed by atoms with Gasteiger partial charge in [-0.1, -0.05) is 74.6 Å². The largest absolute Gasteiger partial charge is 0.312 e. The molecule has 0 aromatic heterocycles. The summed E-state index contributed by atoms with van der Waals surface area (Å²) in [5, 5.41) is 3.35. The van der Waals surface area contributed by atoms with Crippen LogP contribution in [0.1, 0.15) is 32.1 Å². The quantitative estimate of drug-likeness (QED) is 0.562. The van der Waals surface area contributed by atoms with Gasteiger partial charge in [-0.15, -0.1) is 0 Å². The highest BCUT2D eigenvalue weighted by Crippen LogP contribution is 2.32. The van der Waals surface area contributed by atoms with Crippen LogP contribution in [0, 0.1) is 0 Å². The summed E-state index contributed by atoms with van der Waals surface area (Å²) in [4.78, 5) is 0. The number of hydrogen-bond donors (Lipinski definition) is 0. The van der Waals surface area contributed by atoms with Crippen LogP contribution in [0.5, 0.6) is 0 Å². The van der Waals surface area contributed by atoms with E-state index in [-0.39, 0.29) is 0 Å². The van der Waals surface area contributed by atoms with E-state index in [9.17, 15) is 4.11 Å². The van der Waals surface area contributed by atoms with Crippen molar-refractivity contribution < 1.29 is 4.11 Å². The minimum Gasteiger partial charge on any atom is -0.312 e. The zero-order valence-corrected chi connectivity index (χ0v) is 11.8. The number of rotatable bonds is 2. The van der Waals surface area contributed by atoms with Crippen molar-refractivity contribution in [1.82, 2.24) is 0 Å². The van der Waals surface area contributed by atoms with Gasteiger partial charge >= 0.3 is 0 Å². The molecule has 1 saturated carbocycles.